The number of hydrogen-bond donors (Lipinski definition) is 2. The summed E-state index contributed by atoms with van der Waals surface area (Å²) in [6.07, 6.45) is 5.07. The van der Waals surface area contributed by atoms with E-state index in [0.29, 0.717) is 0 Å². The average Bonchev–Trinajstić information content (AvgIpc) is 2.13. The highest BCUT2D eigenvalue weighted by Gasteiger charge is 2.17. The highest BCUT2D eigenvalue weighted by atomic mass is 16.4. The SMILES string of the molecule is C#CCC(N)C(=O)N(C)CCC(=O)O. The van der Waals surface area contributed by atoms with Crippen molar-refractivity contribution in [2.24, 2.45) is 5.73 Å². The maximum absolute atomic E-state index is 11.4. The lowest BCUT2D eigenvalue weighted by Gasteiger charge is -2.19. The topological polar surface area (TPSA) is 83.6 Å². The summed E-state index contributed by atoms with van der Waals surface area (Å²) in [6, 6.07) is -0.737. The van der Waals surface area contributed by atoms with Crippen molar-refractivity contribution in [2.45, 2.75) is 18.9 Å². The van der Waals surface area contributed by atoms with Crippen LogP contribution in [0.5, 0.6) is 0 Å². The first-order valence-corrected chi connectivity index (χ1v) is 4.14. The molecule has 0 spiro atoms. The number of rotatable bonds is 5. The minimum atomic E-state index is -0.949. The van der Waals surface area contributed by atoms with Crippen LogP contribution in [0.15, 0.2) is 0 Å². The molecule has 78 valence electrons. The molecule has 0 bridgehead atoms. The van der Waals surface area contributed by atoms with Gasteiger partial charge in [-0.2, -0.15) is 0 Å². The number of terminal acetylenes is 1. The van der Waals surface area contributed by atoms with Gasteiger partial charge < -0.3 is 15.7 Å². The molecule has 0 saturated heterocycles. The molecule has 1 atom stereocenters. The summed E-state index contributed by atoms with van der Waals surface area (Å²) < 4.78 is 0. The summed E-state index contributed by atoms with van der Waals surface area (Å²) in [4.78, 5) is 22.9. The van der Waals surface area contributed by atoms with Crippen LogP contribution in [0.4, 0.5) is 0 Å². The highest BCUT2D eigenvalue weighted by molar-refractivity contribution is 5.82. The number of carbonyl (C=O) groups is 2. The number of carboxylic acid groups (broad SMARTS) is 1. The van der Waals surface area contributed by atoms with Crippen molar-refractivity contribution in [3.8, 4) is 12.3 Å². The van der Waals surface area contributed by atoms with E-state index in [1.165, 1.54) is 11.9 Å². The van der Waals surface area contributed by atoms with Crippen LogP contribution in [-0.4, -0.2) is 41.5 Å². The fourth-order valence-corrected chi connectivity index (χ4v) is 0.871. The Bertz CT molecular complexity index is 257. The summed E-state index contributed by atoms with van der Waals surface area (Å²) in [5.74, 6) is 1.00. The van der Waals surface area contributed by atoms with Crippen LogP contribution >= 0.6 is 0 Å². The lowest BCUT2D eigenvalue weighted by Crippen LogP contribution is -2.42. The third-order valence-corrected chi connectivity index (χ3v) is 1.69. The standard InChI is InChI=1S/C9H14N2O3/c1-3-4-7(10)9(14)11(2)6-5-8(12)13/h1,7H,4-6,10H2,2H3,(H,12,13). The lowest BCUT2D eigenvalue weighted by atomic mass is 10.2. The summed E-state index contributed by atoms with van der Waals surface area (Å²) >= 11 is 0. The van der Waals surface area contributed by atoms with E-state index in [4.69, 9.17) is 17.3 Å². The molecule has 0 aromatic carbocycles. The molecule has 0 aromatic rings. The maximum atomic E-state index is 11.4. The molecule has 14 heavy (non-hydrogen) atoms. The van der Waals surface area contributed by atoms with Crippen LogP contribution in [0.25, 0.3) is 0 Å². The summed E-state index contributed by atoms with van der Waals surface area (Å²) in [6.45, 7) is 0.145. The molecule has 0 aromatic heterocycles. The van der Waals surface area contributed by atoms with E-state index in [-0.39, 0.29) is 25.3 Å². The molecule has 0 heterocycles. The second kappa shape index (κ2) is 6.00. The maximum Gasteiger partial charge on any atom is 0.305 e. The molecular formula is C9H14N2O3. The van der Waals surface area contributed by atoms with E-state index in [2.05, 4.69) is 5.92 Å². The molecule has 5 nitrogen and oxygen atoms in total. The number of hydrogen-bond acceptors (Lipinski definition) is 3. The number of likely N-dealkylation sites (N-methyl/N-ethyl adjacent to an activating group) is 1. The Labute approximate surface area is 82.9 Å². The Kier molecular flexibility index (Phi) is 5.34. The first-order valence-electron chi connectivity index (χ1n) is 4.14. The molecule has 5 heteroatoms. The van der Waals surface area contributed by atoms with Gasteiger partial charge in [0.15, 0.2) is 0 Å². The summed E-state index contributed by atoms with van der Waals surface area (Å²) in [5.41, 5.74) is 5.45. The third kappa shape index (κ3) is 4.48. The van der Waals surface area contributed by atoms with Gasteiger partial charge in [0.2, 0.25) is 5.91 Å². The number of nitrogens with zero attached hydrogens (tertiary/aromatic N) is 1. The van der Waals surface area contributed by atoms with Crippen molar-refractivity contribution in [3.63, 3.8) is 0 Å². The average molecular weight is 198 g/mol. The van der Waals surface area contributed by atoms with E-state index in [9.17, 15) is 9.59 Å². The lowest BCUT2D eigenvalue weighted by molar-refractivity contribution is -0.138. The van der Waals surface area contributed by atoms with Crippen LogP contribution < -0.4 is 5.73 Å². The van der Waals surface area contributed by atoms with Crippen LogP contribution in [0, 0.1) is 12.3 Å². The second-order valence-electron chi connectivity index (χ2n) is 2.92. The van der Waals surface area contributed by atoms with Crippen LogP contribution in [0.3, 0.4) is 0 Å². The predicted octanol–water partition coefficient (Wildman–Crippen LogP) is -0.730. The zero-order valence-electron chi connectivity index (χ0n) is 8.06. The molecule has 1 unspecified atom stereocenters. The highest BCUT2D eigenvalue weighted by Crippen LogP contribution is 1.95. The van der Waals surface area contributed by atoms with Crippen molar-refractivity contribution in [2.75, 3.05) is 13.6 Å². The van der Waals surface area contributed by atoms with Gasteiger partial charge in [0.1, 0.15) is 0 Å². The number of nitrogens with two attached hydrogens (primary N) is 1. The predicted molar refractivity (Wildman–Crippen MR) is 51.3 cm³/mol. The van der Waals surface area contributed by atoms with E-state index < -0.39 is 12.0 Å². The zero-order valence-corrected chi connectivity index (χ0v) is 8.06. The third-order valence-electron chi connectivity index (χ3n) is 1.69. The first-order chi connectivity index (χ1) is 6.49. The monoisotopic (exact) mass is 198 g/mol. The quantitative estimate of drug-likeness (QED) is 0.570. The van der Waals surface area contributed by atoms with Gasteiger partial charge in [-0.3, -0.25) is 9.59 Å². The van der Waals surface area contributed by atoms with Gasteiger partial charge in [-0.1, -0.05) is 0 Å². The molecule has 0 saturated carbocycles. The molecule has 0 aliphatic heterocycles. The minimum Gasteiger partial charge on any atom is -0.481 e. The summed E-state index contributed by atoms with van der Waals surface area (Å²) in [5, 5.41) is 8.38. The van der Waals surface area contributed by atoms with Gasteiger partial charge in [-0.15, -0.1) is 12.3 Å². The Morgan fingerprint density at radius 2 is 2.21 bits per heavy atom. The first kappa shape index (κ1) is 12.5. The molecule has 0 rings (SSSR count). The van der Waals surface area contributed by atoms with Crippen LogP contribution in [0.1, 0.15) is 12.8 Å². The molecule has 0 aliphatic rings. The molecule has 1 amide bonds. The number of aliphatic carboxylic acids is 1. The van der Waals surface area contributed by atoms with Gasteiger partial charge in [-0.05, 0) is 0 Å². The Morgan fingerprint density at radius 3 is 2.64 bits per heavy atom. The van der Waals surface area contributed by atoms with Crippen molar-refractivity contribution in [1.29, 1.82) is 0 Å². The fourth-order valence-electron chi connectivity index (χ4n) is 0.871. The number of amides is 1. The normalized spacial score (nSPS) is 11.5. The van der Waals surface area contributed by atoms with Gasteiger partial charge in [0, 0.05) is 20.0 Å². The molecule has 0 aliphatic carbocycles. The minimum absolute atomic E-state index is 0.0922. The largest absolute Gasteiger partial charge is 0.481 e. The Morgan fingerprint density at radius 1 is 1.64 bits per heavy atom. The number of carboxylic acids is 1. The Balaban J connectivity index is 3.99. The molecule has 0 fully saturated rings. The van der Waals surface area contributed by atoms with Crippen molar-refractivity contribution < 1.29 is 14.7 Å². The summed E-state index contributed by atoms with van der Waals surface area (Å²) in [7, 11) is 1.50. The Hall–Kier alpha value is -1.54. The van der Waals surface area contributed by atoms with Gasteiger partial charge in [-0.25, -0.2) is 0 Å². The molecule has 0 radical (unpaired) electrons. The fraction of sp³-hybridized carbons (Fsp3) is 0.556. The van der Waals surface area contributed by atoms with Crippen molar-refractivity contribution >= 4 is 11.9 Å². The van der Waals surface area contributed by atoms with E-state index in [1.54, 1.807) is 0 Å². The van der Waals surface area contributed by atoms with Crippen LogP contribution in [-0.2, 0) is 9.59 Å². The molecular weight excluding hydrogens is 184 g/mol. The van der Waals surface area contributed by atoms with E-state index >= 15 is 0 Å². The second-order valence-corrected chi connectivity index (χ2v) is 2.92. The smallest absolute Gasteiger partial charge is 0.305 e. The van der Waals surface area contributed by atoms with Crippen molar-refractivity contribution in [3.05, 3.63) is 0 Å². The number of carbonyl (C=O) groups excluding carboxylic acids is 1. The van der Waals surface area contributed by atoms with E-state index in [0.717, 1.165) is 0 Å². The van der Waals surface area contributed by atoms with Gasteiger partial charge >= 0.3 is 5.97 Å². The van der Waals surface area contributed by atoms with Gasteiger partial charge in [0.05, 0.1) is 12.5 Å². The van der Waals surface area contributed by atoms with E-state index in [1.807, 2.05) is 0 Å². The van der Waals surface area contributed by atoms with Crippen LogP contribution in [0.2, 0.25) is 0 Å². The molecule has 3 N–H and O–H groups in total. The van der Waals surface area contributed by atoms with Gasteiger partial charge in [0.25, 0.3) is 0 Å². The zero-order chi connectivity index (χ0) is 11.1. The van der Waals surface area contributed by atoms with Crippen molar-refractivity contribution in [1.82, 2.24) is 4.90 Å².